The average molecular weight is 230 g/mol. The van der Waals surface area contributed by atoms with E-state index in [1.54, 1.807) is 0 Å². The molecule has 0 radical (unpaired) electrons. The molecular weight excluding hydrogens is 212 g/mol. The summed E-state index contributed by atoms with van der Waals surface area (Å²) in [7, 11) is 0. The summed E-state index contributed by atoms with van der Waals surface area (Å²) in [6.45, 7) is 4.39. The number of hydrogen-bond donors (Lipinski definition) is 1. The Morgan fingerprint density at radius 1 is 1.35 bits per heavy atom. The lowest BCUT2D eigenvalue weighted by molar-refractivity contribution is 0.601. The zero-order valence-corrected chi connectivity index (χ0v) is 10.3. The molecule has 2 N–H and O–H groups in total. The third-order valence-corrected chi connectivity index (χ3v) is 3.39. The zero-order valence-electron chi connectivity index (χ0n) is 10.3. The molecule has 3 rings (SSSR count). The minimum atomic E-state index is -0.145. The summed E-state index contributed by atoms with van der Waals surface area (Å²) in [5, 5.41) is 8.53. The number of nitrogens with zero attached hydrogens (tertiary/aromatic N) is 3. The number of aromatic nitrogens is 3. The van der Waals surface area contributed by atoms with Gasteiger partial charge in [-0.15, -0.1) is 10.2 Å². The minimum Gasteiger partial charge on any atom is -0.320 e. The molecule has 0 aromatic carbocycles. The van der Waals surface area contributed by atoms with Gasteiger partial charge in [-0.05, 0) is 30.9 Å². The summed E-state index contributed by atoms with van der Waals surface area (Å²) in [5.41, 5.74) is 8.25. The van der Waals surface area contributed by atoms with E-state index in [0.29, 0.717) is 5.92 Å². The molecule has 0 aliphatic heterocycles. The Morgan fingerprint density at radius 2 is 2.12 bits per heavy atom. The van der Waals surface area contributed by atoms with Crippen molar-refractivity contribution in [2.75, 3.05) is 0 Å². The van der Waals surface area contributed by atoms with Gasteiger partial charge in [-0.3, -0.25) is 4.40 Å². The first kappa shape index (κ1) is 10.7. The van der Waals surface area contributed by atoms with E-state index in [0.717, 1.165) is 36.4 Å². The number of nitrogens with two attached hydrogens (primary N) is 1. The lowest BCUT2D eigenvalue weighted by atomic mass is 10.1. The Hall–Kier alpha value is -1.42. The second-order valence-electron chi connectivity index (χ2n) is 5.47. The van der Waals surface area contributed by atoms with Crippen LogP contribution < -0.4 is 5.73 Å². The summed E-state index contributed by atoms with van der Waals surface area (Å²) in [4.78, 5) is 0. The average Bonchev–Trinajstić information content (AvgIpc) is 2.90. The predicted octanol–water partition coefficient (Wildman–Crippen LogP) is 1.88. The quantitative estimate of drug-likeness (QED) is 0.875. The topological polar surface area (TPSA) is 56.2 Å². The Labute approximate surface area is 101 Å². The van der Waals surface area contributed by atoms with E-state index in [-0.39, 0.29) is 5.54 Å². The number of pyridine rings is 1. The van der Waals surface area contributed by atoms with Crippen LogP contribution in [0.4, 0.5) is 0 Å². The molecule has 90 valence electrons. The summed E-state index contributed by atoms with van der Waals surface area (Å²) < 4.78 is 2.15. The molecule has 0 amide bonds. The maximum Gasteiger partial charge on any atom is 0.161 e. The molecule has 4 nitrogen and oxygen atoms in total. The van der Waals surface area contributed by atoms with Crippen LogP contribution in [-0.2, 0) is 12.0 Å². The first-order chi connectivity index (χ1) is 8.10. The van der Waals surface area contributed by atoms with Crippen LogP contribution in [-0.4, -0.2) is 14.6 Å². The van der Waals surface area contributed by atoms with Gasteiger partial charge in [-0.25, -0.2) is 0 Å². The van der Waals surface area contributed by atoms with Crippen LogP contribution in [0.5, 0.6) is 0 Å². The van der Waals surface area contributed by atoms with E-state index in [4.69, 9.17) is 5.73 Å². The molecule has 2 heterocycles. The highest BCUT2D eigenvalue weighted by Crippen LogP contribution is 2.42. The van der Waals surface area contributed by atoms with Crippen LogP contribution >= 0.6 is 0 Å². The highest BCUT2D eigenvalue weighted by atomic mass is 15.3. The Kier molecular flexibility index (Phi) is 2.23. The van der Waals surface area contributed by atoms with Gasteiger partial charge in [0.25, 0.3) is 0 Å². The predicted molar refractivity (Wildman–Crippen MR) is 66.6 cm³/mol. The van der Waals surface area contributed by atoms with E-state index in [9.17, 15) is 0 Å². The monoisotopic (exact) mass is 230 g/mol. The largest absolute Gasteiger partial charge is 0.320 e. The van der Waals surface area contributed by atoms with Crippen LogP contribution in [0.15, 0.2) is 18.2 Å². The first-order valence-electron chi connectivity index (χ1n) is 6.22. The lowest BCUT2D eigenvalue weighted by Crippen LogP contribution is -2.23. The van der Waals surface area contributed by atoms with Crippen molar-refractivity contribution >= 4 is 5.65 Å². The summed E-state index contributed by atoms with van der Waals surface area (Å²) in [6.07, 6.45) is 3.06. The van der Waals surface area contributed by atoms with Crippen molar-refractivity contribution < 1.29 is 0 Å². The van der Waals surface area contributed by atoms with Gasteiger partial charge >= 0.3 is 0 Å². The first-order valence-corrected chi connectivity index (χ1v) is 6.22. The van der Waals surface area contributed by atoms with Crippen LogP contribution in [0.3, 0.4) is 0 Å². The normalized spacial score (nSPS) is 17.9. The van der Waals surface area contributed by atoms with E-state index in [1.807, 2.05) is 12.1 Å². The second-order valence-corrected chi connectivity index (χ2v) is 5.47. The molecule has 0 unspecified atom stereocenters. The molecule has 17 heavy (non-hydrogen) atoms. The molecular formula is C13H18N4. The smallest absolute Gasteiger partial charge is 0.161 e. The van der Waals surface area contributed by atoms with E-state index in [2.05, 4.69) is 34.5 Å². The molecule has 0 spiro atoms. The van der Waals surface area contributed by atoms with Crippen LogP contribution in [0.25, 0.3) is 5.65 Å². The molecule has 1 aliphatic rings. The third kappa shape index (κ3) is 1.72. The molecule has 0 bridgehead atoms. The van der Waals surface area contributed by atoms with Crippen molar-refractivity contribution in [3.05, 3.63) is 29.7 Å². The van der Waals surface area contributed by atoms with Crippen LogP contribution in [0.1, 0.15) is 38.2 Å². The zero-order chi connectivity index (χ0) is 12.0. The molecule has 2 aromatic rings. The highest BCUT2D eigenvalue weighted by Gasteiger charge is 2.42. The van der Waals surface area contributed by atoms with Gasteiger partial charge in [-0.1, -0.05) is 19.9 Å². The van der Waals surface area contributed by atoms with Gasteiger partial charge < -0.3 is 5.73 Å². The summed E-state index contributed by atoms with van der Waals surface area (Å²) >= 11 is 0. The molecule has 1 aliphatic carbocycles. The molecule has 1 saturated carbocycles. The van der Waals surface area contributed by atoms with Crippen molar-refractivity contribution in [3.63, 3.8) is 0 Å². The maximum absolute atomic E-state index is 6.32. The lowest BCUT2D eigenvalue weighted by Gasteiger charge is -2.13. The molecule has 4 heteroatoms. The van der Waals surface area contributed by atoms with Gasteiger partial charge in [-0.2, -0.15) is 0 Å². The van der Waals surface area contributed by atoms with E-state index in [1.165, 1.54) is 0 Å². The van der Waals surface area contributed by atoms with E-state index < -0.39 is 0 Å². The van der Waals surface area contributed by atoms with Crippen molar-refractivity contribution in [1.29, 1.82) is 0 Å². The number of hydrogen-bond acceptors (Lipinski definition) is 3. The Bertz CT molecular complexity index is 552. The van der Waals surface area contributed by atoms with Crippen molar-refractivity contribution in [3.8, 4) is 0 Å². The van der Waals surface area contributed by atoms with Crippen LogP contribution in [0.2, 0.25) is 0 Å². The van der Waals surface area contributed by atoms with Gasteiger partial charge in [0.2, 0.25) is 0 Å². The van der Waals surface area contributed by atoms with Crippen LogP contribution in [0, 0.1) is 5.92 Å². The Balaban J connectivity index is 2.17. The van der Waals surface area contributed by atoms with Gasteiger partial charge in [0, 0.05) is 12.1 Å². The van der Waals surface area contributed by atoms with Crippen molar-refractivity contribution in [2.24, 2.45) is 11.7 Å². The fourth-order valence-corrected chi connectivity index (χ4v) is 2.28. The second kappa shape index (κ2) is 3.53. The third-order valence-electron chi connectivity index (χ3n) is 3.39. The van der Waals surface area contributed by atoms with Crippen molar-refractivity contribution in [2.45, 2.75) is 38.6 Å². The highest BCUT2D eigenvalue weighted by molar-refractivity contribution is 5.43. The number of rotatable bonds is 3. The van der Waals surface area contributed by atoms with Gasteiger partial charge in [0.1, 0.15) is 5.82 Å². The fraction of sp³-hybridized carbons (Fsp3) is 0.538. The van der Waals surface area contributed by atoms with Crippen molar-refractivity contribution in [1.82, 2.24) is 14.6 Å². The van der Waals surface area contributed by atoms with Gasteiger partial charge in [0.15, 0.2) is 5.65 Å². The molecule has 1 fully saturated rings. The summed E-state index contributed by atoms with van der Waals surface area (Å²) in [6, 6.07) is 6.12. The number of fused-ring (bicyclic) bond motifs is 1. The minimum absolute atomic E-state index is 0.145. The fourth-order valence-electron chi connectivity index (χ4n) is 2.28. The maximum atomic E-state index is 6.32. The molecule has 0 saturated heterocycles. The molecule has 0 atom stereocenters. The van der Waals surface area contributed by atoms with E-state index >= 15 is 0 Å². The van der Waals surface area contributed by atoms with Gasteiger partial charge in [0.05, 0.1) is 5.54 Å². The standard InChI is InChI=1S/C13H18N4/c1-9(2)8-12-16-15-11-5-3-4-10(17(11)12)13(14)6-7-13/h3-5,9H,6-8,14H2,1-2H3. The Morgan fingerprint density at radius 3 is 2.76 bits per heavy atom. The summed E-state index contributed by atoms with van der Waals surface area (Å²) in [5.74, 6) is 1.60. The molecule has 2 aromatic heterocycles. The SMILES string of the molecule is CC(C)Cc1nnc2cccc(C3(N)CC3)n12.